The van der Waals surface area contributed by atoms with E-state index in [4.69, 9.17) is 15.0 Å². The molecular formula is C49H27N3S3. The van der Waals surface area contributed by atoms with Gasteiger partial charge in [0, 0.05) is 82.6 Å². The molecule has 12 aromatic rings. The molecule has 0 aliphatic rings. The minimum atomic E-state index is 0.665. The average Bonchev–Trinajstić information content (AvgIpc) is 3.94. The van der Waals surface area contributed by atoms with Crippen LogP contribution in [-0.2, 0) is 0 Å². The summed E-state index contributed by atoms with van der Waals surface area (Å²) in [5.74, 6) is 2.01. The number of benzene rings is 8. The van der Waals surface area contributed by atoms with Crippen LogP contribution in [0.15, 0.2) is 164 Å². The molecule has 12 rings (SSSR count). The number of aromatic nitrogens is 3. The minimum absolute atomic E-state index is 0.665. The lowest BCUT2D eigenvalue weighted by Gasteiger charge is -2.10. The summed E-state index contributed by atoms with van der Waals surface area (Å²) >= 11 is 5.53. The summed E-state index contributed by atoms with van der Waals surface area (Å²) in [5.41, 5.74) is 5.43. The van der Waals surface area contributed by atoms with Crippen molar-refractivity contribution in [3.8, 4) is 45.3 Å². The van der Waals surface area contributed by atoms with Gasteiger partial charge in [-0.15, -0.1) is 34.0 Å². The highest BCUT2D eigenvalue weighted by molar-refractivity contribution is 7.27. The lowest BCUT2D eigenvalue weighted by atomic mass is 9.95. The summed E-state index contributed by atoms with van der Waals surface area (Å²) in [6.07, 6.45) is 0. The average molecular weight is 754 g/mol. The van der Waals surface area contributed by atoms with Gasteiger partial charge in [0.05, 0.1) is 0 Å². The first-order chi connectivity index (χ1) is 27.2. The molecule has 0 aliphatic carbocycles. The molecule has 0 aliphatic heterocycles. The van der Waals surface area contributed by atoms with Crippen LogP contribution in [0, 0.1) is 0 Å². The summed E-state index contributed by atoms with van der Waals surface area (Å²) in [6, 6.07) is 58.9. The SMILES string of the molecule is c1ccc(-c2nc(-c3ccc4sc5ccccc5c4c3)nc(-c3cccc4sc5cc(-c6cc7c8ccccc8sc7c7ccccc67)ccc5c34)n2)cc1. The highest BCUT2D eigenvalue weighted by atomic mass is 32.1. The van der Waals surface area contributed by atoms with Crippen LogP contribution >= 0.6 is 34.0 Å². The predicted octanol–water partition coefficient (Wildman–Crippen LogP) is 14.8. The van der Waals surface area contributed by atoms with Crippen molar-refractivity contribution in [2.24, 2.45) is 0 Å². The van der Waals surface area contributed by atoms with Crippen molar-refractivity contribution < 1.29 is 0 Å². The summed E-state index contributed by atoms with van der Waals surface area (Å²) in [7, 11) is 0. The quantitative estimate of drug-likeness (QED) is 0.180. The van der Waals surface area contributed by atoms with E-state index in [2.05, 4.69) is 146 Å². The topological polar surface area (TPSA) is 38.7 Å². The van der Waals surface area contributed by atoms with Crippen LogP contribution in [0.2, 0.25) is 0 Å². The monoisotopic (exact) mass is 753 g/mol. The molecule has 0 saturated carbocycles. The maximum atomic E-state index is 5.24. The fourth-order valence-corrected chi connectivity index (χ4v) is 11.7. The molecule has 55 heavy (non-hydrogen) atoms. The van der Waals surface area contributed by atoms with Crippen LogP contribution in [0.4, 0.5) is 0 Å². The molecule has 256 valence electrons. The highest BCUT2D eigenvalue weighted by Gasteiger charge is 2.19. The normalized spacial score (nSPS) is 12.0. The Kier molecular flexibility index (Phi) is 6.84. The Bertz CT molecular complexity index is 3500. The second-order valence-corrected chi connectivity index (χ2v) is 17.1. The van der Waals surface area contributed by atoms with E-state index in [-0.39, 0.29) is 0 Å². The summed E-state index contributed by atoms with van der Waals surface area (Å²) in [6.45, 7) is 0. The number of thiophene rings is 3. The van der Waals surface area contributed by atoms with E-state index in [0.717, 1.165) is 16.7 Å². The van der Waals surface area contributed by atoms with Gasteiger partial charge < -0.3 is 0 Å². The van der Waals surface area contributed by atoms with Crippen molar-refractivity contribution >= 4 is 105 Å². The summed E-state index contributed by atoms with van der Waals surface area (Å²) < 4.78 is 7.67. The van der Waals surface area contributed by atoms with Crippen molar-refractivity contribution in [3.05, 3.63) is 164 Å². The Balaban J connectivity index is 1.05. The van der Waals surface area contributed by atoms with E-state index in [0.29, 0.717) is 17.5 Å². The Morgan fingerprint density at radius 3 is 1.75 bits per heavy atom. The predicted molar refractivity (Wildman–Crippen MR) is 238 cm³/mol. The van der Waals surface area contributed by atoms with Gasteiger partial charge in [0.1, 0.15) is 0 Å². The standard InChI is InChI=1S/C49H27N3S3/c1-2-11-28(12-3-1)47-50-48(30-22-24-42-38(25-30)32-14-6-8-18-40(32)53-42)52-49(51-47)36-17-10-20-43-45(36)35-23-21-29(26-44(35)54-43)37-27-39-33-15-7-9-19-41(33)55-46(39)34-16-5-4-13-31(34)37/h1-27H. The first-order valence-electron chi connectivity index (χ1n) is 18.3. The fraction of sp³-hybridized carbons (Fsp3) is 0. The number of rotatable bonds is 4. The van der Waals surface area contributed by atoms with Crippen molar-refractivity contribution in [1.82, 2.24) is 15.0 Å². The van der Waals surface area contributed by atoms with Gasteiger partial charge in [0.15, 0.2) is 17.5 Å². The molecule has 0 N–H and O–H groups in total. The van der Waals surface area contributed by atoms with Gasteiger partial charge in [-0.3, -0.25) is 0 Å². The molecule has 0 radical (unpaired) electrons. The van der Waals surface area contributed by atoms with Gasteiger partial charge in [0.2, 0.25) is 0 Å². The van der Waals surface area contributed by atoms with Gasteiger partial charge in [-0.2, -0.15) is 0 Å². The van der Waals surface area contributed by atoms with E-state index in [9.17, 15) is 0 Å². The van der Waals surface area contributed by atoms with Crippen LogP contribution in [0.5, 0.6) is 0 Å². The Morgan fingerprint density at radius 2 is 0.909 bits per heavy atom. The van der Waals surface area contributed by atoms with E-state index in [1.807, 2.05) is 52.2 Å². The van der Waals surface area contributed by atoms with Crippen LogP contribution in [0.3, 0.4) is 0 Å². The third-order valence-electron chi connectivity index (χ3n) is 10.7. The smallest absolute Gasteiger partial charge is 0.164 e. The second kappa shape index (κ2) is 12.1. The van der Waals surface area contributed by atoms with Crippen molar-refractivity contribution in [1.29, 1.82) is 0 Å². The molecule has 0 bridgehead atoms. The zero-order valence-electron chi connectivity index (χ0n) is 29.2. The Hall–Kier alpha value is -6.31. The molecule has 4 heterocycles. The van der Waals surface area contributed by atoms with Crippen molar-refractivity contribution in [2.45, 2.75) is 0 Å². The lowest BCUT2D eigenvalue weighted by molar-refractivity contribution is 1.08. The van der Waals surface area contributed by atoms with E-state index in [1.54, 1.807) is 0 Å². The zero-order valence-corrected chi connectivity index (χ0v) is 31.6. The van der Waals surface area contributed by atoms with Crippen LogP contribution < -0.4 is 0 Å². The van der Waals surface area contributed by atoms with Gasteiger partial charge in [0.25, 0.3) is 0 Å². The van der Waals surface area contributed by atoms with Gasteiger partial charge in [-0.25, -0.2) is 15.0 Å². The lowest BCUT2D eigenvalue weighted by Crippen LogP contribution is -2.00. The second-order valence-electron chi connectivity index (χ2n) is 13.9. The van der Waals surface area contributed by atoms with Gasteiger partial charge in [-0.05, 0) is 65.0 Å². The number of hydrogen-bond acceptors (Lipinski definition) is 6. The minimum Gasteiger partial charge on any atom is -0.208 e. The third kappa shape index (κ3) is 4.89. The van der Waals surface area contributed by atoms with Gasteiger partial charge >= 0.3 is 0 Å². The van der Waals surface area contributed by atoms with Crippen LogP contribution in [0.25, 0.3) is 117 Å². The molecule has 0 spiro atoms. The first-order valence-corrected chi connectivity index (χ1v) is 20.7. The maximum absolute atomic E-state index is 5.24. The molecule has 3 nitrogen and oxygen atoms in total. The van der Waals surface area contributed by atoms with E-state index < -0.39 is 0 Å². The molecule has 6 heteroatoms. The zero-order chi connectivity index (χ0) is 36.0. The first kappa shape index (κ1) is 31.1. The third-order valence-corrected chi connectivity index (χ3v) is 14.2. The number of nitrogens with zero attached hydrogens (tertiary/aromatic N) is 3. The molecule has 0 atom stereocenters. The Labute approximate surface area is 327 Å². The number of fused-ring (bicyclic) bond motifs is 11. The Morgan fingerprint density at radius 1 is 0.291 bits per heavy atom. The van der Waals surface area contributed by atoms with Crippen molar-refractivity contribution in [3.63, 3.8) is 0 Å². The van der Waals surface area contributed by atoms with Gasteiger partial charge in [-0.1, -0.05) is 115 Å². The summed E-state index contributed by atoms with van der Waals surface area (Å²) in [4.78, 5) is 15.5. The molecule has 0 amide bonds. The number of hydrogen-bond donors (Lipinski definition) is 0. The summed E-state index contributed by atoms with van der Waals surface area (Å²) in [5, 5.41) is 10.1. The maximum Gasteiger partial charge on any atom is 0.164 e. The van der Waals surface area contributed by atoms with Crippen LogP contribution in [0.1, 0.15) is 0 Å². The fourth-order valence-electron chi connectivity index (χ4n) is 8.17. The molecular weight excluding hydrogens is 727 g/mol. The molecule has 0 saturated heterocycles. The van der Waals surface area contributed by atoms with E-state index >= 15 is 0 Å². The molecule has 0 fully saturated rings. The molecule has 0 unspecified atom stereocenters. The van der Waals surface area contributed by atoms with Crippen LogP contribution in [-0.4, -0.2) is 15.0 Å². The highest BCUT2D eigenvalue weighted by Crippen LogP contribution is 2.45. The molecule has 8 aromatic carbocycles. The van der Waals surface area contributed by atoms with Crippen molar-refractivity contribution in [2.75, 3.05) is 0 Å². The molecule has 4 aromatic heterocycles. The largest absolute Gasteiger partial charge is 0.208 e. The van der Waals surface area contributed by atoms with E-state index in [1.165, 1.54) is 82.4 Å².